The number of aromatic nitrogens is 3. The Balaban J connectivity index is 1.40. The van der Waals surface area contributed by atoms with E-state index in [1.54, 1.807) is 4.90 Å². The van der Waals surface area contributed by atoms with Crippen LogP contribution in [0.3, 0.4) is 0 Å². The zero-order chi connectivity index (χ0) is 23.5. The zero-order valence-corrected chi connectivity index (χ0v) is 18.4. The molecule has 1 aromatic carbocycles. The highest BCUT2D eigenvalue weighted by atomic mass is 19.4. The number of pyridine rings is 1. The highest BCUT2D eigenvalue weighted by Crippen LogP contribution is 2.36. The lowest BCUT2D eigenvalue weighted by Gasteiger charge is -2.30. The minimum atomic E-state index is -4.50. The number of rotatable bonds is 5. The third-order valence-electron chi connectivity index (χ3n) is 5.99. The second-order valence-corrected chi connectivity index (χ2v) is 8.30. The Morgan fingerprint density at radius 1 is 1.06 bits per heavy atom. The summed E-state index contributed by atoms with van der Waals surface area (Å²) < 4.78 is 51.2. The van der Waals surface area contributed by atoms with Gasteiger partial charge in [-0.3, -0.25) is 0 Å². The average molecular weight is 471 g/mol. The van der Waals surface area contributed by atoms with Gasteiger partial charge in [0.2, 0.25) is 0 Å². The molecule has 1 fully saturated rings. The molecule has 0 bridgehead atoms. The summed E-state index contributed by atoms with van der Waals surface area (Å²) in [5, 5.41) is 11.4. The van der Waals surface area contributed by atoms with E-state index in [1.165, 1.54) is 11.1 Å². The fourth-order valence-corrected chi connectivity index (χ4v) is 4.28. The number of halogens is 3. The van der Waals surface area contributed by atoms with Crippen LogP contribution in [0.2, 0.25) is 0 Å². The van der Waals surface area contributed by atoms with E-state index in [-0.39, 0.29) is 23.6 Å². The molecule has 2 aliphatic rings. The first-order valence-electron chi connectivity index (χ1n) is 11.2. The van der Waals surface area contributed by atoms with Crippen molar-refractivity contribution in [3.8, 4) is 11.6 Å². The molecule has 1 atom stereocenters. The molecular weight excluding hydrogens is 447 g/mol. The van der Waals surface area contributed by atoms with Crippen LogP contribution in [0.5, 0.6) is 0 Å². The normalized spacial score (nSPS) is 19.1. The van der Waals surface area contributed by atoms with Gasteiger partial charge in [-0.05, 0) is 36.5 Å². The van der Waals surface area contributed by atoms with Gasteiger partial charge >= 0.3 is 12.2 Å². The van der Waals surface area contributed by atoms with Crippen molar-refractivity contribution in [2.24, 2.45) is 0 Å². The van der Waals surface area contributed by atoms with Crippen LogP contribution in [-0.2, 0) is 10.9 Å². The molecule has 0 amide bonds. The first-order chi connectivity index (χ1) is 16.5. The van der Waals surface area contributed by atoms with Crippen LogP contribution in [0.15, 0.2) is 53.1 Å². The average Bonchev–Trinajstić information content (AvgIpc) is 3.32. The molecule has 5 rings (SSSR count). The van der Waals surface area contributed by atoms with Crippen molar-refractivity contribution in [2.45, 2.75) is 31.5 Å². The largest absolute Gasteiger partial charge is 0.417 e. The monoisotopic (exact) mass is 471 g/mol. The van der Waals surface area contributed by atoms with Gasteiger partial charge in [-0.15, -0.1) is 5.10 Å². The van der Waals surface area contributed by atoms with E-state index < -0.39 is 11.7 Å². The number of allylic oxidation sites excluding steroid dienone is 1. The van der Waals surface area contributed by atoms with E-state index in [0.717, 1.165) is 31.5 Å². The number of hydrogen-bond acceptors (Lipinski definition) is 7. The van der Waals surface area contributed by atoms with Crippen molar-refractivity contribution in [3.05, 3.63) is 59.8 Å². The first kappa shape index (κ1) is 22.4. The highest BCUT2D eigenvalue weighted by molar-refractivity contribution is 5.71. The van der Waals surface area contributed by atoms with E-state index in [1.807, 2.05) is 18.2 Å². The predicted molar refractivity (Wildman–Crippen MR) is 121 cm³/mol. The smallest absolute Gasteiger partial charge is 0.402 e. The van der Waals surface area contributed by atoms with Crippen LogP contribution < -0.4 is 10.2 Å². The summed E-state index contributed by atoms with van der Waals surface area (Å²) in [6.07, 6.45) is 1.38. The summed E-state index contributed by atoms with van der Waals surface area (Å²) in [5.74, 6) is 0.0702. The summed E-state index contributed by atoms with van der Waals surface area (Å²) in [4.78, 5) is 5.86. The van der Waals surface area contributed by atoms with Crippen molar-refractivity contribution < 1.29 is 22.3 Å². The number of anilines is 2. The molecule has 10 heteroatoms. The van der Waals surface area contributed by atoms with E-state index in [4.69, 9.17) is 9.15 Å². The van der Waals surface area contributed by atoms with Crippen molar-refractivity contribution in [1.29, 1.82) is 0 Å². The number of nitrogens with one attached hydrogen (secondary N) is 1. The second-order valence-electron chi connectivity index (χ2n) is 8.30. The molecule has 178 valence electrons. The number of hydrogen-bond donors (Lipinski definition) is 1. The maximum Gasteiger partial charge on any atom is 0.417 e. The quantitative estimate of drug-likeness (QED) is 0.559. The van der Waals surface area contributed by atoms with Crippen LogP contribution in [0.4, 0.5) is 24.9 Å². The molecule has 1 aliphatic carbocycles. The predicted octanol–water partition coefficient (Wildman–Crippen LogP) is 5.04. The van der Waals surface area contributed by atoms with E-state index in [2.05, 4.69) is 38.7 Å². The number of alkyl halides is 3. The molecule has 3 heterocycles. The number of morpholine rings is 1. The van der Waals surface area contributed by atoms with Crippen molar-refractivity contribution >= 4 is 17.3 Å². The lowest BCUT2D eigenvalue weighted by Crippen LogP contribution is -2.36. The fraction of sp³-hybridized carbons (Fsp3) is 0.375. The van der Waals surface area contributed by atoms with E-state index in [0.29, 0.717) is 32.0 Å². The fourth-order valence-electron chi connectivity index (χ4n) is 4.28. The summed E-state index contributed by atoms with van der Waals surface area (Å²) in [7, 11) is 0. The molecule has 3 aromatic rings. The standard InChI is InChI=1S/C24H24F3N5O2/c25-24(26,27)18-14-20(32-9-11-33-12-10-32)21(28-15-18)22-30-31-23(34-22)29-19-8-4-7-17(13-19)16-5-2-1-3-6-16/h1-3,5-6,13-15,19H,4,7-12H2,(H,29,31). The maximum atomic E-state index is 13.3. The molecule has 0 radical (unpaired) electrons. The lowest BCUT2D eigenvalue weighted by atomic mass is 9.91. The van der Waals surface area contributed by atoms with Gasteiger partial charge in [0.15, 0.2) is 5.69 Å². The van der Waals surface area contributed by atoms with Gasteiger partial charge in [-0.2, -0.15) is 13.2 Å². The number of ether oxygens (including phenoxy) is 1. The van der Waals surface area contributed by atoms with Crippen molar-refractivity contribution in [3.63, 3.8) is 0 Å². The van der Waals surface area contributed by atoms with Gasteiger partial charge in [-0.1, -0.05) is 41.5 Å². The van der Waals surface area contributed by atoms with Crippen LogP contribution in [0.1, 0.15) is 30.4 Å². The van der Waals surface area contributed by atoms with Gasteiger partial charge in [0, 0.05) is 25.3 Å². The molecule has 7 nitrogen and oxygen atoms in total. The van der Waals surface area contributed by atoms with E-state index >= 15 is 0 Å². The maximum absolute atomic E-state index is 13.3. The minimum absolute atomic E-state index is 0.0107. The molecule has 1 N–H and O–H groups in total. The Labute approximate surface area is 194 Å². The summed E-state index contributed by atoms with van der Waals surface area (Å²) in [6.45, 7) is 1.74. The molecule has 34 heavy (non-hydrogen) atoms. The Morgan fingerprint density at radius 3 is 2.62 bits per heavy atom. The Bertz CT molecular complexity index is 1160. The van der Waals surface area contributed by atoms with Gasteiger partial charge in [-0.25, -0.2) is 4.98 Å². The Kier molecular flexibility index (Phi) is 6.23. The second kappa shape index (κ2) is 9.46. The van der Waals surface area contributed by atoms with Crippen LogP contribution in [0, 0.1) is 0 Å². The van der Waals surface area contributed by atoms with Gasteiger partial charge in [0.1, 0.15) is 0 Å². The Hall–Kier alpha value is -3.40. The van der Waals surface area contributed by atoms with Crippen LogP contribution >= 0.6 is 0 Å². The number of nitrogens with zero attached hydrogens (tertiary/aromatic N) is 4. The van der Waals surface area contributed by atoms with Crippen LogP contribution in [-0.4, -0.2) is 47.5 Å². The third kappa shape index (κ3) is 4.91. The Morgan fingerprint density at radius 2 is 1.85 bits per heavy atom. The number of benzene rings is 1. The van der Waals surface area contributed by atoms with E-state index in [9.17, 15) is 13.2 Å². The molecule has 2 aromatic heterocycles. The molecule has 1 aliphatic heterocycles. The highest BCUT2D eigenvalue weighted by Gasteiger charge is 2.33. The minimum Gasteiger partial charge on any atom is -0.402 e. The SMILES string of the molecule is FC(F)(F)c1cnc(-c2nnc(NC3C=C(c4ccccc4)CCC3)o2)c(N2CCOCC2)c1. The zero-order valence-electron chi connectivity index (χ0n) is 18.4. The van der Waals surface area contributed by atoms with Gasteiger partial charge in [0.25, 0.3) is 5.89 Å². The molecule has 0 spiro atoms. The first-order valence-corrected chi connectivity index (χ1v) is 11.2. The molecular formula is C24H24F3N5O2. The topological polar surface area (TPSA) is 76.3 Å². The summed E-state index contributed by atoms with van der Waals surface area (Å²) in [5.41, 5.74) is 2.14. The van der Waals surface area contributed by atoms with Crippen molar-refractivity contribution in [1.82, 2.24) is 15.2 Å². The van der Waals surface area contributed by atoms with Gasteiger partial charge in [0.05, 0.1) is 24.5 Å². The molecule has 1 saturated heterocycles. The van der Waals surface area contributed by atoms with Gasteiger partial charge < -0.3 is 19.4 Å². The molecule has 0 saturated carbocycles. The summed E-state index contributed by atoms with van der Waals surface area (Å²) in [6, 6.07) is 11.5. The molecule has 1 unspecified atom stereocenters. The van der Waals surface area contributed by atoms with Crippen molar-refractivity contribution in [2.75, 3.05) is 36.5 Å². The lowest BCUT2D eigenvalue weighted by molar-refractivity contribution is -0.137. The third-order valence-corrected chi connectivity index (χ3v) is 5.99. The summed E-state index contributed by atoms with van der Waals surface area (Å²) >= 11 is 0. The van der Waals surface area contributed by atoms with Crippen LogP contribution in [0.25, 0.3) is 17.2 Å².